The molecule has 0 spiro atoms. The van der Waals surface area contributed by atoms with Crippen molar-refractivity contribution in [2.24, 2.45) is 0 Å². The molecule has 0 fully saturated rings. The molecule has 0 radical (unpaired) electrons. The third-order valence-corrected chi connectivity index (χ3v) is 3.61. The van der Waals surface area contributed by atoms with Gasteiger partial charge in [-0.15, -0.1) is 0 Å². The zero-order chi connectivity index (χ0) is 16.4. The fourth-order valence-electron chi connectivity index (χ4n) is 2.55. The van der Waals surface area contributed by atoms with Crippen LogP contribution < -0.4 is 5.32 Å². The lowest BCUT2D eigenvalue weighted by atomic mass is 10.1. The third-order valence-electron chi connectivity index (χ3n) is 3.61. The van der Waals surface area contributed by atoms with Crippen molar-refractivity contribution in [3.8, 4) is 0 Å². The van der Waals surface area contributed by atoms with E-state index in [1.54, 1.807) is 10.8 Å². The van der Waals surface area contributed by atoms with Gasteiger partial charge in [0, 0.05) is 28.4 Å². The first-order valence-corrected chi connectivity index (χ1v) is 7.19. The summed E-state index contributed by atoms with van der Waals surface area (Å²) in [5.41, 5.74) is 1.95. The molecule has 5 heteroatoms. The van der Waals surface area contributed by atoms with Crippen molar-refractivity contribution in [1.82, 2.24) is 4.57 Å². The van der Waals surface area contributed by atoms with E-state index in [0.29, 0.717) is 11.3 Å². The van der Waals surface area contributed by atoms with Gasteiger partial charge in [0.15, 0.2) is 5.78 Å². The summed E-state index contributed by atoms with van der Waals surface area (Å²) in [5, 5.41) is 3.54. The maximum absolute atomic E-state index is 12.9. The lowest BCUT2D eigenvalue weighted by molar-refractivity contribution is -0.116. The molecule has 0 unspecified atom stereocenters. The first-order chi connectivity index (χ1) is 11.0. The summed E-state index contributed by atoms with van der Waals surface area (Å²) in [5.74, 6) is -0.642. The molecule has 0 saturated carbocycles. The predicted octanol–water partition coefficient (Wildman–Crippen LogP) is 3.62. The fourth-order valence-corrected chi connectivity index (χ4v) is 2.55. The first kappa shape index (κ1) is 15.0. The van der Waals surface area contributed by atoms with Crippen LogP contribution in [0.5, 0.6) is 0 Å². The van der Waals surface area contributed by atoms with Crippen LogP contribution in [0.25, 0.3) is 10.9 Å². The van der Waals surface area contributed by atoms with Gasteiger partial charge in [-0.3, -0.25) is 9.59 Å². The van der Waals surface area contributed by atoms with E-state index in [1.807, 2.05) is 24.3 Å². The van der Waals surface area contributed by atoms with Crippen LogP contribution in [0.2, 0.25) is 0 Å². The molecule has 3 rings (SSSR count). The number of rotatable bonds is 4. The number of carbonyl (C=O) groups is 2. The van der Waals surface area contributed by atoms with E-state index in [4.69, 9.17) is 0 Å². The average molecular weight is 310 g/mol. The van der Waals surface area contributed by atoms with Gasteiger partial charge < -0.3 is 9.88 Å². The van der Waals surface area contributed by atoms with E-state index in [0.717, 1.165) is 10.9 Å². The number of nitrogens with one attached hydrogen (secondary N) is 1. The quantitative estimate of drug-likeness (QED) is 0.748. The topological polar surface area (TPSA) is 51.1 Å². The number of carbonyl (C=O) groups excluding carboxylic acids is 2. The van der Waals surface area contributed by atoms with Gasteiger partial charge in [-0.1, -0.05) is 18.2 Å². The van der Waals surface area contributed by atoms with E-state index in [1.165, 1.54) is 31.2 Å². The minimum Gasteiger partial charge on any atom is -0.337 e. The van der Waals surface area contributed by atoms with Gasteiger partial charge in [0.25, 0.3) is 0 Å². The second-order valence-electron chi connectivity index (χ2n) is 5.30. The van der Waals surface area contributed by atoms with Gasteiger partial charge in [-0.2, -0.15) is 0 Å². The molecule has 23 heavy (non-hydrogen) atoms. The Kier molecular flexibility index (Phi) is 3.93. The molecule has 0 aliphatic heterocycles. The van der Waals surface area contributed by atoms with Crippen molar-refractivity contribution >= 4 is 28.3 Å². The lowest BCUT2D eigenvalue weighted by Crippen LogP contribution is -2.18. The van der Waals surface area contributed by atoms with Gasteiger partial charge in [-0.05, 0) is 37.3 Å². The van der Waals surface area contributed by atoms with Crippen LogP contribution in [0, 0.1) is 5.82 Å². The number of ketones is 1. The van der Waals surface area contributed by atoms with Crippen molar-refractivity contribution in [1.29, 1.82) is 0 Å². The molecule has 1 heterocycles. The number of aromatic nitrogens is 1. The van der Waals surface area contributed by atoms with Crippen LogP contribution in [0.4, 0.5) is 10.1 Å². The number of amides is 1. The van der Waals surface area contributed by atoms with Crippen LogP contribution >= 0.6 is 0 Å². The molecule has 0 bridgehead atoms. The van der Waals surface area contributed by atoms with E-state index in [-0.39, 0.29) is 24.1 Å². The molecule has 4 nitrogen and oxygen atoms in total. The second kappa shape index (κ2) is 6.04. The number of benzene rings is 2. The Balaban J connectivity index is 1.85. The van der Waals surface area contributed by atoms with Crippen LogP contribution in [-0.2, 0) is 11.3 Å². The summed E-state index contributed by atoms with van der Waals surface area (Å²) in [6.45, 7) is 1.58. The van der Waals surface area contributed by atoms with Crippen LogP contribution in [0.3, 0.4) is 0 Å². The minimum atomic E-state index is -0.356. The molecule has 0 saturated heterocycles. The molecule has 0 aliphatic carbocycles. The second-order valence-corrected chi connectivity index (χ2v) is 5.30. The van der Waals surface area contributed by atoms with Crippen molar-refractivity contribution in [3.63, 3.8) is 0 Å². The average Bonchev–Trinajstić information content (AvgIpc) is 2.89. The smallest absolute Gasteiger partial charge is 0.244 e. The standard InChI is InChI=1S/C18H15FN2O2/c1-12(22)16-10-21(17-5-3-2-4-15(16)17)11-18(23)20-14-8-6-13(19)7-9-14/h2-10H,11H2,1H3,(H,20,23). The molecule has 2 aromatic carbocycles. The Morgan fingerprint density at radius 1 is 1.09 bits per heavy atom. The summed E-state index contributed by atoms with van der Waals surface area (Å²) in [6, 6.07) is 13.0. The Morgan fingerprint density at radius 3 is 2.48 bits per heavy atom. The highest BCUT2D eigenvalue weighted by Crippen LogP contribution is 2.22. The van der Waals surface area contributed by atoms with Crippen LogP contribution in [0.1, 0.15) is 17.3 Å². The maximum Gasteiger partial charge on any atom is 0.244 e. The number of halogens is 1. The van der Waals surface area contributed by atoms with Crippen molar-refractivity contribution in [2.75, 3.05) is 5.32 Å². The van der Waals surface area contributed by atoms with Gasteiger partial charge in [0.05, 0.1) is 0 Å². The molecule has 1 aromatic heterocycles. The normalized spacial score (nSPS) is 10.7. The molecule has 1 amide bonds. The summed E-state index contributed by atoms with van der Waals surface area (Å²) in [6.07, 6.45) is 1.69. The summed E-state index contributed by atoms with van der Waals surface area (Å²) in [7, 11) is 0. The molecule has 0 atom stereocenters. The Bertz CT molecular complexity index is 882. The Morgan fingerprint density at radius 2 is 1.78 bits per heavy atom. The van der Waals surface area contributed by atoms with Gasteiger partial charge in [0.2, 0.25) is 5.91 Å². The fraction of sp³-hybridized carbons (Fsp3) is 0.111. The van der Waals surface area contributed by atoms with E-state index >= 15 is 0 Å². The SMILES string of the molecule is CC(=O)c1cn(CC(=O)Nc2ccc(F)cc2)c2ccccc12. The van der Waals surface area contributed by atoms with E-state index in [2.05, 4.69) is 5.32 Å². The third kappa shape index (κ3) is 3.13. The number of nitrogens with zero attached hydrogens (tertiary/aromatic N) is 1. The van der Waals surface area contributed by atoms with E-state index < -0.39 is 0 Å². The highest BCUT2D eigenvalue weighted by Gasteiger charge is 2.13. The van der Waals surface area contributed by atoms with E-state index in [9.17, 15) is 14.0 Å². The Labute approximate surface area is 132 Å². The number of hydrogen-bond acceptors (Lipinski definition) is 2. The lowest BCUT2D eigenvalue weighted by Gasteiger charge is -2.07. The van der Waals surface area contributed by atoms with Gasteiger partial charge >= 0.3 is 0 Å². The number of para-hydroxylation sites is 1. The highest BCUT2D eigenvalue weighted by molar-refractivity contribution is 6.07. The van der Waals surface area contributed by atoms with Crippen molar-refractivity contribution < 1.29 is 14.0 Å². The molecular formula is C18H15FN2O2. The molecule has 1 N–H and O–H groups in total. The number of fused-ring (bicyclic) bond motifs is 1. The van der Waals surface area contributed by atoms with Crippen molar-refractivity contribution in [2.45, 2.75) is 13.5 Å². The molecule has 3 aromatic rings. The molecule has 0 aliphatic rings. The molecule has 116 valence electrons. The largest absolute Gasteiger partial charge is 0.337 e. The predicted molar refractivity (Wildman–Crippen MR) is 87.0 cm³/mol. The zero-order valence-electron chi connectivity index (χ0n) is 12.5. The monoisotopic (exact) mass is 310 g/mol. The van der Waals surface area contributed by atoms with Gasteiger partial charge in [0.1, 0.15) is 12.4 Å². The zero-order valence-corrected chi connectivity index (χ0v) is 12.5. The Hall–Kier alpha value is -2.95. The summed E-state index contributed by atoms with van der Waals surface area (Å²) < 4.78 is 14.6. The summed E-state index contributed by atoms with van der Waals surface area (Å²) >= 11 is 0. The summed E-state index contributed by atoms with van der Waals surface area (Å²) in [4.78, 5) is 23.9. The number of anilines is 1. The van der Waals surface area contributed by atoms with Crippen LogP contribution in [-0.4, -0.2) is 16.3 Å². The highest BCUT2D eigenvalue weighted by atomic mass is 19.1. The minimum absolute atomic E-state index is 0.0427. The van der Waals surface area contributed by atoms with Crippen molar-refractivity contribution in [3.05, 3.63) is 66.1 Å². The number of Topliss-reactive ketones (excluding diaryl/α,β-unsaturated/α-hetero) is 1. The maximum atomic E-state index is 12.9. The molecular weight excluding hydrogens is 295 g/mol. The van der Waals surface area contributed by atoms with Crippen LogP contribution in [0.15, 0.2) is 54.7 Å². The van der Waals surface area contributed by atoms with Gasteiger partial charge in [-0.25, -0.2) is 4.39 Å². The first-order valence-electron chi connectivity index (χ1n) is 7.19. The number of hydrogen-bond donors (Lipinski definition) is 1.